The summed E-state index contributed by atoms with van der Waals surface area (Å²) in [5, 5.41) is 10.4. The standard InChI is InChI=1S/C22H23N3O4/c1-16(9-10-17-11-13-19(27-3)14-12-17)24-29-15-18-7-5-6-8-20(18)21(25-28-4)22(26)23-2/h5-8,11-14H,15H2,1-4H3,(H,23,26)/b24-16+,25-21+. The average molecular weight is 393 g/mol. The molecule has 0 atom stereocenters. The number of benzene rings is 2. The number of carbonyl (C=O) groups is 1. The number of rotatable bonds is 7. The Balaban J connectivity index is 2.09. The third-order valence-electron chi connectivity index (χ3n) is 3.80. The molecule has 150 valence electrons. The monoisotopic (exact) mass is 393 g/mol. The van der Waals surface area contributed by atoms with Gasteiger partial charge in [0.1, 0.15) is 25.2 Å². The number of carbonyl (C=O) groups excluding carboxylic acids is 1. The molecule has 0 aliphatic heterocycles. The number of nitrogens with one attached hydrogen (secondary N) is 1. The van der Waals surface area contributed by atoms with Gasteiger partial charge in [0.25, 0.3) is 5.91 Å². The van der Waals surface area contributed by atoms with Crippen LogP contribution in [0.4, 0.5) is 0 Å². The maximum absolute atomic E-state index is 12.1. The van der Waals surface area contributed by atoms with Crippen molar-refractivity contribution in [3.05, 3.63) is 65.2 Å². The molecule has 2 rings (SSSR count). The summed E-state index contributed by atoms with van der Waals surface area (Å²) in [6.45, 7) is 1.90. The fourth-order valence-electron chi connectivity index (χ4n) is 2.36. The molecule has 7 heteroatoms. The van der Waals surface area contributed by atoms with Gasteiger partial charge in [-0.05, 0) is 37.1 Å². The van der Waals surface area contributed by atoms with Gasteiger partial charge in [-0.3, -0.25) is 4.79 Å². The van der Waals surface area contributed by atoms with E-state index in [1.807, 2.05) is 42.5 Å². The molecule has 0 saturated carbocycles. The van der Waals surface area contributed by atoms with Crippen molar-refractivity contribution < 1.29 is 19.2 Å². The molecular weight excluding hydrogens is 370 g/mol. The summed E-state index contributed by atoms with van der Waals surface area (Å²) in [7, 11) is 4.53. The minimum absolute atomic E-state index is 0.150. The van der Waals surface area contributed by atoms with E-state index in [0.717, 1.165) is 16.9 Å². The molecule has 0 radical (unpaired) electrons. The summed E-state index contributed by atoms with van der Waals surface area (Å²) < 4.78 is 5.12. The first kappa shape index (κ1) is 21.5. The average Bonchev–Trinajstić information content (AvgIpc) is 2.76. The van der Waals surface area contributed by atoms with Crippen molar-refractivity contribution >= 4 is 17.3 Å². The highest BCUT2D eigenvalue weighted by Gasteiger charge is 2.17. The number of hydrogen-bond donors (Lipinski definition) is 1. The van der Waals surface area contributed by atoms with E-state index in [-0.39, 0.29) is 18.2 Å². The summed E-state index contributed by atoms with van der Waals surface area (Å²) in [4.78, 5) is 22.3. The first-order valence-corrected chi connectivity index (χ1v) is 8.83. The van der Waals surface area contributed by atoms with Crippen LogP contribution in [0.5, 0.6) is 5.75 Å². The fourth-order valence-corrected chi connectivity index (χ4v) is 2.36. The second kappa shape index (κ2) is 11.1. The highest BCUT2D eigenvalue weighted by atomic mass is 16.6. The van der Waals surface area contributed by atoms with E-state index in [2.05, 4.69) is 27.5 Å². The fraction of sp³-hybridized carbons (Fsp3) is 0.227. The lowest BCUT2D eigenvalue weighted by Crippen LogP contribution is -2.29. The van der Waals surface area contributed by atoms with Crippen LogP contribution in [0.15, 0.2) is 58.8 Å². The lowest BCUT2D eigenvalue weighted by atomic mass is 10.0. The number of amides is 1. The van der Waals surface area contributed by atoms with E-state index in [9.17, 15) is 4.79 Å². The van der Waals surface area contributed by atoms with Gasteiger partial charge >= 0.3 is 0 Å². The van der Waals surface area contributed by atoms with Crippen molar-refractivity contribution in [3.8, 4) is 17.6 Å². The lowest BCUT2D eigenvalue weighted by molar-refractivity contribution is -0.114. The molecule has 0 bridgehead atoms. The molecule has 0 unspecified atom stereocenters. The Morgan fingerprint density at radius 1 is 1.07 bits per heavy atom. The molecular formula is C22H23N3O4. The zero-order valence-corrected chi connectivity index (χ0v) is 16.9. The summed E-state index contributed by atoms with van der Waals surface area (Å²) in [5.74, 6) is 6.36. The van der Waals surface area contributed by atoms with Gasteiger partial charge < -0.3 is 19.7 Å². The number of likely N-dealkylation sites (N-methyl/N-ethyl adjacent to an activating group) is 1. The second-order valence-electron chi connectivity index (χ2n) is 5.79. The molecule has 7 nitrogen and oxygen atoms in total. The van der Waals surface area contributed by atoms with Crippen LogP contribution in [0, 0.1) is 11.8 Å². The smallest absolute Gasteiger partial charge is 0.273 e. The summed E-state index contributed by atoms with van der Waals surface area (Å²) in [6, 6.07) is 14.7. The van der Waals surface area contributed by atoms with Crippen molar-refractivity contribution in [1.82, 2.24) is 5.32 Å². The third-order valence-corrected chi connectivity index (χ3v) is 3.80. The zero-order chi connectivity index (χ0) is 21.1. The molecule has 0 fully saturated rings. The molecule has 1 N–H and O–H groups in total. The predicted octanol–water partition coefficient (Wildman–Crippen LogP) is 2.74. The summed E-state index contributed by atoms with van der Waals surface area (Å²) in [6.07, 6.45) is 0. The van der Waals surface area contributed by atoms with Crippen molar-refractivity contribution in [2.45, 2.75) is 13.5 Å². The van der Waals surface area contributed by atoms with Gasteiger partial charge in [0.05, 0.1) is 7.11 Å². The van der Waals surface area contributed by atoms with Gasteiger partial charge in [0.15, 0.2) is 5.71 Å². The zero-order valence-electron chi connectivity index (χ0n) is 16.9. The summed E-state index contributed by atoms with van der Waals surface area (Å²) in [5.41, 5.74) is 2.87. The van der Waals surface area contributed by atoms with Crippen LogP contribution in [-0.4, -0.2) is 38.6 Å². The van der Waals surface area contributed by atoms with Crippen LogP contribution in [0.25, 0.3) is 0 Å². The highest BCUT2D eigenvalue weighted by molar-refractivity contribution is 6.45. The predicted molar refractivity (Wildman–Crippen MR) is 112 cm³/mol. The van der Waals surface area contributed by atoms with Gasteiger partial charge in [-0.2, -0.15) is 0 Å². The Morgan fingerprint density at radius 2 is 1.79 bits per heavy atom. The second-order valence-corrected chi connectivity index (χ2v) is 5.79. The van der Waals surface area contributed by atoms with E-state index >= 15 is 0 Å². The van der Waals surface area contributed by atoms with Gasteiger partial charge in [0.2, 0.25) is 0 Å². The Morgan fingerprint density at radius 3 is 2.45 bits per heavy atom. The minimum Gasteiger partial charge on any atom is -0.497 e. The number of methoxy groups -OCH3 is 1. The molecule has 0 aliphatic carbocycles. The maximum atomic E-state index is 12.1. The van der Waals surface area contributed by atoms with Crippen LogP contribution in [0.3, 0.4) is 0 Å². The van der Waals surface area contributed by atoms with Crippen molar-refractivity contribution in [3.63, 3.8) is 0 Å². The molecule has 0 aliphatic rings. The van der Waals surface area contributed by atoms with Crippen LogP contribution < -0.4 is 10.1 Å². The summed E-state index contributed by atoms with van der Waals surface area (Å²) >= 11 is 0. The Labute approximate surface area is 170 Å². The van der Waals surface area contributed by atoms with Crippen LogP contribution in [-0.2, 0) is 21.1 Å². The number of ether oxygens (including phenoxy) is 1. The highest BCUT2D eigenvalue weighted by Crippen LogP contribution is 2.13. The molecule has 0 spiro atoms. The maximum Gasteiger partial charge on any atom is 0.273 e. The molecule has 0 aromatic heterocycles. The van der Waals surface area contributed by atoms with Crippen molar-refractivity contribution in [2.75, 3.05) is 21.3 Å². The Kier molecular flexibility index (Phi) is 8.27. The SMILES string of the molecule is CNC(=O)/C(=N/OC)c1ccccc1CO/N=C(\C)C#Cc1ccc(OC)cc1. The first-order valence-electron chi connectivity index (χ1n) is 8.83. The molecule has 2 aromatic rings. The topological polar surface area (TPSA) is 81.5 Å². The lowest BCUT2D eigenvalue weighted by Gasteiger charge is -2.09. The molecule has 29 heavy (non-hydrogen) atoms. The van der Waals surface area contributed by atoms with Crippen LogP contribution in [0.1, 0.15) is 23.6 Å². The largest absolute Gasteiger partial charge is 0.497 e. The van der Waals surface area contributed by atoms with Gasteiger partial charge in [-0.1, -0.05) is 40.5 Å². The Bertz CT molecular complexity index is 954. The molecule has 0 heterocycles. The van der Waals surface area contributed by atoms with Gasteiger partial charge in [-0.25, -0.2) is 0 Å². The van der Waals surface area contributed by atoms with E-state index in [1.54, 1.807) is 20.1 Å². The number of hydrogen-bond acceptors (Lipinski definition) is 6. The van der Waals surface area contributed by atoms with E-state index in [4.69, 9.17) is 14.4 Å². The quantitative estimate of drug-likeness (QED) is 0.446. The Hall–Kier alpha value is -3.79. The molecule has 2 aromatic carbocycles. The van der Waals surface area contributed by atoms with Crippen LogP contribution in [0.2, 0.25) is 0 Å². The van der Waals surface area contributed by atoms with E-state index in [1.165, 1.54) is 14.2 Å². The van der Waals surface area contributed by atoms with Crippen molar-refractivity contribution in [1.29, 1.82) is 0 Å². The van der Waals surface area contributed by atoms with E-state index in [0.29, 0.717) is 11.3 Å². The number of nitrogens with zero attached hydrogens (tertiary/aromatic N) is 2. The van der Waals surface area contributed by atoms with Gasteiger partial charge in [0, 0.05) is 23.7 Å². The number of oxime groups is 2. The molecule has 1 amide bonds. The normalized spacial score (nSPS) is 11.2. The minimum atomic E-state index is -0.357. The van der Waals surface area contributed by atoms with Gasteiger partial charge in [-0.15, -0.1) is 0 Å². The van der Waals surface area contributed by atoms with E-state index < -0.39 is 0 Å². The first-order chi connectivity index (χ1) is 14.1. The molecule has 0 saturated heterocycles. The van der Waals surface area contributed by atoms with Crippen molar-refractivity contribution in [2.24, 2.45) is 10.3 Å². The third kappa shape index (κ3) is 6.40. The van der Waals surface area contributed by atoms with Crippen LogP contribution >= 0.6 is 0 Å².